The van der Waals surface area contributed by atoms with Crippen molar-refractivity contribution >= 4 is 23.6 Å². The van der Waals surface area contributed by atoms with Crippen LogP contribution in [0.3, 0.4) is 0 Å². The highest BCUT2D eigenvalue weighted by atomic mass is 32.2. The fourth-order valence-electron chi connectivity index (χ4n) is 4.98. The second kappa shape index (κ2) is 15.7. The number of hydrogen-bond acceptors (Lipinski definition) is 10. The molecule has 0 spiro atoms. The van der Waals surface area contributed by atoms with Crippen LogP contribution in [-0.2, 0) is 39.3 Å². The number of carbonyl (C=O) groups excluding carboxylic acids is 2. The molecule has 2 amide bonds. The molecule has 236 valence electrons. The lowest BCUT2D eigenvalue weighted by atomic mass is 9.99. The van der Waals surface area contributed by atoms with Gasteiger partial charge in [-0.1, -0.05) is 78.5 Å². The summed E-state index contributed by atoms with van der Waals surface area (Å²) in [6.07, 6.45) is 0.408. The van der Waals surface area contributed by atoms with Crippen molar-refractivity contribution in [3.05, 3.63) is 95.1 Å². The molecule has 0 unspecified atom stereocenters. The molecular formula is C32H36N6O6S. The number of nitrogens with zero attached hydrogens (tertiary/aromatic N) is 4. The first-order valence-electron chi connectivity index (χ1n) is 14.7. The van der Waals surface area contributed by atoms with Gasteiger partial charge in [0.2, 0.25) is 17.0 Å². The zero-order valence-corrected chi connectivity index (χ0v) is 25.7. The number of ether oxygens (including phenoxy) is 2. The van der Waals surface area contributed by atoms with Crippen LogP contribution in [-0.4, -0.2) is 54.2 Å². The normalized spacial score (nSPS) is 18.0. The Kier molecular flexibility index (Phi) is 11.3. The van der Waals surface area contributed by atoms with Crippen LogP contribution in [0.1, 0.15) is 60.3 Å². The molecule has 13 heteroatoms. The van der Waals surface area contributed by atoms with Crippen LogP contribution >= 0.6 is 11.8 Å². The third kappa shape index (κ3) is 8.96. The number of aliphatic hydroxyl groups excluding tert-OH is 1. The Balaban J connectivity index is 1.24. The highest BCUT2D eigenvalue weighted by Gasteiger charge is 2.32. The maximum atomic E-state index is 12.2. The second-order valence-corrected chi connectivity index (χ2v) is 11.7. The predicted octanol–water partition coefficient (Wildman–Crippen LogP) is 4.00. The lowest BCUT2D eigenvalue weighted by Gasteiger charge is -2.36. The molecule has 1 saturated heterocycles. The van der Waals surface area contributed by atoms with Crippen molar-refractivity contribution in [1.82, 2.24) is 31.0 Å². The Labute approximate surface area is 265 Å². The minimum atomic E-state index is -0.580. The molecule has 45 heavy (non-hydrogen) atoms. The van der Waals surface area contributed by atoms with E-state index in [0.29, 0.717) is 30.3 Å². The molecular weight excluding hydrogens is 596 g/mol. The number of amides is 2. The number of aliphatic hydroxyl groups is 1. The van der Waals surface area contributed by atoms with E-state index in [2.05, 4.69) is 20.8 Å². The van der Waals surface area contributed by atoms with Gasteiger partial charge >= 0.3 is 0 Å². The Bertz CT molecular complexity index is 1570. The first kappa shape index (κ1) is 32.3. The molecule has 4 aromatic rings. The number of aromatic nitrogens is 4. The van der Waals surface area contributed by atoms with Gasteiger partial charge in [0.05, 0.1) is 18.8 Å². The number of hydroxylamine groups is 1. The molecule has 1 aromatic heterocycles. The van der Waals surface area contributed by atoms with Gasteiger partial charge in [0.25, 0.3) is 0 Å². The quantitative estimate of drug-likeness (QED) is 0.0964. The topological polar surface area (TPSA) is 161 Å². The van der Waals surface area contributed by atoms with Crippen LogP contribution < -0.4 is 10.8 Å². The molecule has 3 atom stereocenters. The van der Waals surface area contributed by atoms with E-state index < -0.39 is 12.2 Å². The van der Waals surface area contributed by atoms with Gasteiger partial charge in [-0.2, -0.15) is 0 Å². The maximum absolute atomic E-state index is 12.2. The van der Waals surface area contributed by atoms with Gasteiger partial charge < -0.3 is 19.9 Å². The molecule has 0 saturated carbocycles. The molecule has 0 aliphatic carbocycles. The third-order valence-electron chi connectivity index (χ3n) is 7.46. The zero-order chi connectivity index (χ0) is 31.6. The SMILES string of the molecule is Cn1nnnc1SC[C@H]1C[C@@H](c2ccc(CO)cc2)O[C@@H](c2ccc(-c3cccc(CNC(=O)CCCC(=O)NO)c3)cc2)O1. The summed E-state index contributed by atoms with van der Waals surface area (Å²) in [7, 11) is 1.81. The first-order chi connectivity index (χ1) is 21.9. The molecule has 1 fully saturated rings. The average molecular weight is 633 g/mol. The summed E-state index contributed by atoms with van der Waals surface area (Å²) >= 11 is 1.54. The van der Waals surface area contributed by atoms with E-state index in [1.54, 1.807) is 17.2 Å². The summed E-state index contributed by atoms with van der Waals surface area (Å²) in [5, 5.41) is 33.3. The highest BCUT2D eigenvalue weighted by Crippen LogP contribution is 2.39. The number of carbonyl (C=O) groups is 2. The lowest BCUT2D eigenvalue weighted by Crippen LogP contribution is -2.31. The summed E-state index contributed by atoms with van der Waals surface area (Å²) in [5.41, 5.74) is 7.29. The van der Waals surface area contributed by atoms with Gasteiger partial charge in [-0.05, 0) is 50.7 Å². The van der Waals surface area contributed by atoms with Crippen LogP contribution in [0.25, 0.3) is 11.1 Å². The monoisotopic (exact) mass is 632 g/mol. The Morgan fingerprint density at radius 2 is 1.71 bits per heavy atom. The fourth-order valence-corrected chi connectivity index (χ4v) is 5.85. The molecule has 4 N–H and O–H groups in total. The van der Waals surface area contributed by atoms with Crippen molar-refractivity contribution in [3.8, 4) is 11.1 Å². The maximum Gasteiger partial charge on any atom is 0.243 e. The Hall–Kier alpha value is -4.14. The minimum Gasteiger partial charge on any atom is -0.392 e. The van der Waals surface area contributed by atoms with E-state index in [9.17, 15) is 14.7 Å². The van der Waals surface area contributed by atoms with Gasteiger partial charge in [-0.3, -0.25) is 14.8 Å². The van der Waals surface area contributed by atoms with Crippen molar-refractivity contribution in [1.29, 1.82) is 0 Å². The van der Waals surface area contributed by atoms with Crippen molar-refractivity contribution in [2.45, 2.75) is 62.5 Å². The van der Waals surface area contributed by atoms with Gasteiger partial charge in [-0.25, -0.2) is 10.2 Å². The smallest absolute Gasteiger partial charge is 0.243 e. The standard InChI is InChI=1S/C32H36N6O6S/c1-38-32(34-36-37-38)45-20-27-17-28(24-10-8-21(19-39)9-11-24)44-31(43-27)25-14-12-23(13-15-25)26-5-2-4-22(16-26)18-33-29(40)6-3-7-30(41)35-42/h2,4-5,8-16,27-28,31,39,42H,3,6-7,17-20H2,1H3,(H,33,40)(H,35,41)/t27-,28+,31+/m1/s1. The molecule has 0 radical (unpaired) electrons. The average Bonchev–Trinajstić information content (AvgIpc) is 3.50. The number of benzene rings is 3. The van der Waals surface area contributed by atoms with Crippen molar-refractivity contribution in [3.63, 3.8) is 0 Å². The summed E-state index contributed by atoms with van der Waals surface area (Å²) in [5.74, 6) is -0.0134. The number of aryl methyl sites for hydroxylation is 1. The van der Waals surface area contributed by atoms with Gasteiger partial charge in [0, 0.05) is 44.2 Å². The summed E-state index contributed by atoms with van der Waals surface area (Å²) in [6.45, 7) is 0.352. The number of hydrogen-bond donors (Lipinski definition) is 4. The molecule has 1 aliphatic heterocycles. The van der Waals surface area contributed by atoms with E-state index in [1.807, 2.05) is 72.8 Å². The number of nitrogens with one attached hydrogen (secondary N) is 2. The highest BCUT2D eigenvalue weighted by molar-refractivity contribution is 7.99. The third-order valence-corrected chi connectivity index (χ3v) is 8.60. The zero-order valence-electron chi connectivity index (χ0n) is 24.8. The minimum absolute atomic E-state index is 0.0141. The van der Waals surface area contributed by atoms with E-state index >= 15 is 0 Å². The molecule has 1 aliphatic rings. The van der Waals surface area contributed by atoms with E-state index in [-0.39, 0.29) is 37.6 Å². The van der Waals surface area contributed by atoms with Crippen LogP contribution in [0.4, 0.5) is 0 Å². The number of rotatable bonds is 13. The summed E-state index contributed by atoms with van der Waals surface area (Å²) in [4.78, 5) is 23.3. The summed E-state index contributed by atoms with van der Waals surface area (Å²) < 4.78 is 14.5. The van der Waals surface area contributed by atoms with E-state index in [0.717, 1.165) is 33.4 Å². The van der Waals surface area contributed by atoms with E-state index in [1.165, 1.54) is 11.8 Å². The van der Waals surface area contributed by atoms with Gasteiger partial charge in [0.1, 0.15) is 0 Å². The largest absolute Gasteiger partial charge is 0.392 e. The Morgan fingerprint density at radius 1 is 0.956 bits per heavy atom. The van der Waals surface area contributed by atoms with Crippen molar-refractivity contribution < 1.29 is 29.4 Å². The lowest BCUT2D eigenvalue weighted by molar-refractivity contribution is -0.245. The molecule has 12 nitrogen and oxygen atoms in total. The molecule has 2 heterocycles. The second-order valence-electron chi connectivity index (χ2n) is 10.7. The first-order valence-corrected chi connectivity index (χ1v) is 15.6. The van der Waals surface area contributed by atoms with Crippen LogP contribution in [0.5, 0.6) is 0 Å². The molecule has 0 bridgehead atoms. The predicted molar refractivity (Wildman–Crippen MR) is 165 cm³/mol. The van der Waals surface area contributed by atoms with Crippen LogP contribution in [0.15, 0.2) is 78.0 Å². The van der Waals surface area contributed by atoms with Crippen LogP contribution in [0, 0.1) is 0 Å². The van der Waals surface area contributed by atoms with E-state index in [4.69, 9.17) is 14.7 Å². The molecule has 3 aromatic carbocycles. The van der Waals surface area contributed by atoms with Crippen molar-refractivity contribution in [2.24, 2.45) is 7.05 Å². The van der Waals surface area contributed by atoms with Crippen molar-refractivity contribution in [2.75, 3.05) is 5.75 Å². The number of thioether (sulfide) groups is 1. The van der Waals surface area contributed by atoms with Gasteiger partial charge in [-0.15, -0.1) is 5.10 Å². The fraction of sp³-hybridized carbons (Fsp3) is 0.344. The summed E-state index contributed by atoms with van der Waals surface area (Å²) in [6, 6.07) is 23.8. The molecule has 5 rings (SSSR count). The van der Waals surface area contributed by atoms with Gasteiger partial charge in [0.15, 0.2) is 6.29 Å². The van der Waals surface area contributed by atoms with Crippen LogP contribution in [0.2, 0.25) is 0 Å². The Morgan fingerprint density at radius 3 is 2.42 bits per heavy atom. The number of tetrazole rings is 1.